The van der Waals surface area contributed by atoms with Gasteiger partial charge in [-0.15, -0.1) is 0 Å². The van der Waals surface area contributed by atoms with Gasteiger partial charge in [0.05, 0.1) is 5.56 Å². The second-order valence-electron chi connectivity index (χ2n) is 9.18. The first-order valence-corrected chi connectivity index (χ1v) is 13.3. The Morgan fingerprint density at radius 1 is 0.974 bits per heavy atom. The largest absolute Gasteiger partial charge is 0.488 e. The van der Waals surface area contributed by atoms with Gasteiger partial charge < -0.3 is 23.8 Å². The number of carboxylic acid groups (broad SMARTS) is 1. The lowest BCUT2D eigenvalue weighted by Crippen LogP contribution is -2.49. The van der Waals surface area contributed by atoms with Crippen molar-refractivity contribution >= 4 is 28.3 Å². The Bertz CT molecular complexity index is 1470. The van der Waals surface area contributed by atoms with E-state index in [9.17, 15) is 27.0 Å². The number of halogens is 1. The van der Waals surface area contributed by atoms with Crippen molar-refractivity contribution in [2.75, 3.05) is 37.7 Å². The first-order chi connectivity index (χ1) is 18.1. The second-order valence-corrected chi connectivity index (χ2v) is 10.1. The van der Waals surface area contributed by atoms with E-state index in [0.29, 0.717) is 31.9 Å². The number of carbonyl (C=O) groups is 2. The number of carbonyl (C=O) groups excluding carboxylic acids is 1. The van der Waals surface area contributed by atoms with Crippen molar-refractivity contribution < 1.29 is 35.9 Å². The average molecular weight is 541 g/mol. The molecule has 1 heterocycles. The summed E-state index contributed by atoms with van der Waals surface area (Å²) in [5.74, 6) is -1.76. The molecule has 2 aliphatic rings. The summed E-state index contributed by atoms with van der Waals surface area (Å²) in [4.78, 5) is 27.9. The smallest absolute Gasteiger partial charge is 0.478 e. The minimum absolute atomic E-state index is 0.0141. The number of aromatic carboxylic acids is 1. The van der Waals surface area contributed by atoms with E-state index in [1.54, 1.807) is 9.80 Å². The summed E-state index contributed by atoms with van der Waals surface area (Å²) in [7, 11) is -5.34. The van der Waals surface area contributed by atoms with Gasteiger partial charge in [0.25, 0.3) is 0 Å². The first-order valence-electron chi connectivity index (χ1n) is 12.0. The van der Waals surface area contributed by atoms with Crippen LogP contribution in [0.4, 0.5) is 14.4 Å². The minimum Gasteiger partial charge on any atom is -0.478 e. The zero-order valence-corrected chi connectivity index (χ0v) is 21.3. The number of hydrogen-bond acceptors (Lipinski definition) is 7. The monoisotopic (exact) mass is 540 g/mol. The van der Waals surface area contributed by atoms with Crippen LogP contribution >= 0.6 is 0 Å². The van der Waals surface area contributed by atoms with Crippen molar-refractivity contribution in [2.24, 2.45) is 0 Å². The maximum Gasteiger partial charge on any atom is 0.488 e. The molecule has 1 aliphatic heterocycles. The lowest BCUT2D eigenvalue weighted by Gasteiger charge is -2.36. The standard InChI is InChI=1S/C27H25FN2O7S/c1-17-23(26(31)32)14-18(15-25(17)37-38(28,34)35)29-10-12-30(13-11-29)27(33)36-16-24-21-8-4-2-6-19(21)20-7-3-5-9-22(20)24/h2-9,14-15,24H,10-13,16H2,1H3,(H,31,32). The fourth-order valence-corrected chi connectivity index (χ4v) is 5.49. The average Bonchev–Trinajstić information content (AvgIpc) is 3.21. The third-order valence-electron chi connectivity index (χ3n) is 7.00. The zero-order chi connectivity index (χ0) is 27.0. The van der Waals surface area contributed by atoms with Crippen molar-refractivity contribution in [3.63, 3.8) is 0 Å². The number of fused-ring (bicyclic) bond motifs is 3. The Morgan fingerprint density at radius 3 is 2.11 bits per heavy atom. The van der Waals surface area contributed by atoms with Gasteiger partial charge in [-0.1, -0.05) is 52.4 Å². The molecule has 11 heteroatoms. The van der Waals surface area contributed by atoms with E-state index in [0.717, 1.165) is 22.3 Å². The highest BCUT2D eigenvalue weighted by Crippen LogP contribution is 2.44. The van der Waals surface area contributed by atoms with E-state index in [4.69, 9.17) is 4.74 Å². The van der Waals surface area contributed by atoms with Crippen LogP contribution in [-0.2, 0) is 15.2 Å². The van der Waals surface area contributed by atoms with E-state index in [1.165, 1.54) is 19.1 Å². The number of hydrogen-bond donors (Lipinski definition) is 1. The van der Waals surface area contributed by atoms with Crippen LogP contribution in [0.3, 0.4) is 0 Å². The Labute approximate surface area is 219 Å². The zero-order valence-electron chi connectivity index (χ0n) is 20.5. The summed E-state index contributed by atoms with van der Waals surface area (Å²) >= 11 is 0. The lowest BCUT2D eigenvalue weighted by atomic mass is 9.98. The molecule has 1 amide bonds. The highest BCUT2D eigenvalue weighted by atomic mass is 32.3. The van der Waals surface area contributed by atoms with Crippen LogP contribution in [0.1, 0.15) is 33.0 Å². The van der Waals surface area contributed by atoms with Gasteiger partial charge in [-0.3, -0.25) is 0 Å². The van der Waals surface area contributed by atoms with Gasteiger partial charge in [-0.05, 0) is 35.2 Å². The number of piperazine rings is 1. The lowest BCUT2D eigenvalue weighted by molar-refractivity contribution is 0.0695. The molecule has 3 aromatic rings. The Hall–Kier alpha value is -4.12. The molecule has 0 atom stereocenters. The van der Waals surface area contributed by atoms with Crippen LogP contribution in [0.5, 0.6) is 5.75 Å². The molecule has 0 saturated carbocycles. The molecule has 0 spiro atoms. The number of benzene rings is 3. The molecule has 1 fully saturated rings. The van der Waals surface area contributed by atoms with Gasteiger partial charge >= 0.3 is 22.6 Å². The van der Waals surface area contributed by atoms with Crippen LogP contribution in [-0.4, -0.2) is 63.3 Å². The van der Waals surface area contributed by atoms with E-state index in [-0.39, 0.29) is 23.7 Å². The predicted molar refractivity (Wildman–Crippen MR) is 138 cm³/mol. The van der Waals surface area contributed by atoms with Gasteiger partial charge in [0.1, 0.15) is 6.61 Å². The van der Waals surface area contributed by atoms with Crippen LogP contribution in [0, 0.1) is 6.92 Å². The van der Waals surface area contributed by atoms with Crippen molar-refractivity contribution in [1.29, 1.82) is 0 Å². The van der Waals surface area contributed by atoms with Crippen LogP contribution in [0.2, 0.25) is 0 Å². The molecule has 3 aromatic carbocycles. The van der Waals surface area contributed by atoms with Crippen LogP contribution < -0.4 is 9.08 Å². The fraction of sp³-hybridized carbons (Fsp3) is 0.259. The van der Waals surface area contributed by atoms with Crippen LogP contribution in [0.25, 0.3) is 11.1 Å². The molecule has 0 bridgehead atoms. The number of rotatable bonds is 6. The topological polar surface area (TPSA) is 113 Å². The molecule has 9 nitrogen and oxygen atoms in total. The Balaban J connectivity index is 1.25. The molecule has 5 rings (SSSR count). The maximum absolute atomic E-state index is 13.2. The minimum atomic E-state index is -5.34. The van der Waals surface area contributed by atoms with E-state index >= 15 is 0 Å². The molecule has 198 valence electrons. The first kappa shape index (κ1) is 25.5. The van der Waals surface area contributed by atoms with E-state index in [1.807, 2.05) is 36.4 Å². The molecule has 1 saturated heterocycles. The number of amides is 1. The number of ether oxygens (including phenoxy) is 1. The van der Waals surface area contributed by atoms with Gasteiger partial charge in [-0.2, -0.15) is 8.42 Å². The third kappa shape index (κ3) is 5.01. The molecule has 1 N–H and O–H groups in total. The van der Waals surface area contributed by atoms with Gasteiger partial charge in [-0.25, -0.2) is 9.59 Å². The van der Waals surface area contributed by atoms with Crippen LogP contribution in [0.15, 0.2) is 60.7 Å². The Kier molecular flexibility index (Phi) is 6.70. The van der Waals surface area contributed by atoms with Gasteiger partial charge in [0.15, 0.2) is 5.75 Å². The summed E-state index contributed by atoms with van der Waals surface area (Å²) in [6.07, 6.45) is -0.450. The fourth-order valence-electron chi connectivity index (χ4n) is 5.10. The number of carboxylic acids is 1. The molecule has 0 radical (unpaired) electrons. The van der Waals surface area contributed by atoms with Gasteiger partial charge in [0.2, 0.25) is 0 Å². The summed E-state index contributed by atoms with van der Waals surface area (Å²) in [5.41, 5.74) is 4.64. The quantitative estimate of drug-likeness (QED) is 0.459. The number of nitrogens with zero attached hydrogens (tertiary/aromatic N) is 2. The molecular weight excluding hydrogens is 515 g/mol. The summed E-state index contributed by atoms with van der Waals surface area (Å²) in [6, 6.07) is 18.8. The maximum atomic E-state index is 13.2. The van der Waals surface area contributed by atoms with Crippen molar-refractivity contribution in [3.05, 3.63) is 82.9 Å². The molecule has 38 heavy (non-hydrogen) atoms. The molecular formula is C27H25FN2O7S. The third-order valence-corrected chi connectivity index (χ3v) is 7.38. The predicted octanol–water partition coefficient (Wildman–Crippen LogP) is 4.36. The van der Waals surface area contributed by atoms with Crippen molar-refractivity contribution in [1.82, 2.24) is 4.90 Å². The van der Waals surface area contributed by atoms with E-state index < -0.39 is 28.3 Å². The molecule has 0 aromatic heterocycles. The Morgan fingerprint density at radius 2 is 1.55 bits per heavy atom. The second kappa shape index (κ2) is 9.97. The molecule has 0 unspecified atom stereocenters. The highest BCUT2D eigenvalue weighted by molar-refractivity contribution is 7.81. The summed E-state index contributed by atoms with van der Waals surface area (Å²) in [5, 5.41) is 9.51. The SMILES string of the molecule is Cc1c(OS(=O)(=O)F)cc(N2CCN(C(=O)OCC3c4ccccc4-c4ccccc43)CC2)cc1C(=O)O. The normalized spacial score (nSPS) is 15.1. The number of anilines is 1. The van der Waals surface area contributed by atoms with Crippen molar-refractivity contribution in [2.45, 2.75) is 12.8 Å². The summed E-state index contributed by atoms with van der Waals surface area (Å²) < 4.78 is 45.3. The summed E-state index contributed by atoms with van der Waals surface area (Å²) in [6.45, 7) is 2.78. The van der Waals surface area contributed by atoms with E-state index in [2.05, 4.69) is 16.3 Å². The van der Waals surface area contributed by atoms with Crippen molar-refractivity contribution in [3.8, 4) is 16.9 Å². The highest BCUT2D eigenvalue weighted by Gasteiger charge is 2.31. The van der Waals surface area contributed by atoms with Gasteiger partial charge in [0, 0.05) is 49.4 Å². The molecule has 1 aliphatic carbocycles.